The highest BCUT2D eigenvalue weighted by Crippen LogP contribution is 2.41. The Morgan fingerprint density at radius 1 is 0.221 bits per heavy atom. The number of halogens is 1. The van der Waals surface area contributed by atoms with E-state index in [2.05, 4.69) is 390 Å². The molecule has 6 aromatic heterocycles. The second-order valence-electron chi connectivity index (χ2n) is 24.3. The van der Waals surface area contributed by atoms with Gasteiger partial charge in [-0.05, 0) is 168 Å². The largest absolute Gasteiger partial charge is 0.361 e. The van der Waals surface area contributed by atoms with Gasteiger partial charge >= 0.3 is 0 Å². The van der Waals surface area contributed by atoms with Gasteiger partial charge in [0.15, 0.2) is 0 Å². The summed E-state index contributed by atoms with van der Waals surface area (Å²) in [7, 11) is 0. The Balaban J connectivity index is 0.000000115. The number of nitrogens with zero attached hydrogens (tertiary/aromatic N) is 5. The zero-order valence-electron chi connectivity index (χ0n) is 51.6. The summed E-state index contributed by atoms with van der Waals surface area (Å²) in [5.74, 6) is 0. The van der Waals surface area contributed by atoms with E-state index in [4.69, 9.17) is 0 Å². The van der Waals surface area contributed by atoms with Crippen LogP contribution in [0.1, 0.15) is 0 Å². The molecular formula is C88H59BrN6. The molecule has 448 valence electrons. The molecule has 0 aliphatic carbocycles. The molecule has 0 aliphatic rings. The van der Waals surface area contributed by atoms with Crippen molar-refractivity contribution in [1.82, 2.24) is 27.8 Å². The average Bonchev–Trinajstić information content (AvgIpc) is 1.60. The lowest BCUT2D eigenvalue weighted by Crippen LogP contribution is -1.97. The van der Waals surface area contributed by atoms with Crippen molar-refractivity contribution in [3.8, 4) is 50.7 Å². The minimum atomic E-state index is 1.09. The van der Waals surface area contributed by atoms with E-state index in [1.54, 1.807) is 0 Å². The fraction of sp³-hybridized carbons (Fsp3) is 0. The summed E-state index contributed by atoms with van der Waals surface area (Å²) in [6.07, 6.45) is 4.22. The Kier molecular flexibility index (Phi) is 13.6. The second kappa shape index (κ2) is 23.2. The topological polar surface area (TPSA) is 40.4 Å². The van der Waals surface area contributed by atoms with Crippen LogP contribution in [-0.2, 0) is 0 Å². The van der Waals surface area contributed by atoms with Gasteiger partial charge in [-0.1, -0.05) is 210 Å². The van der Waals surface area contributed by atoms with Gasteiger partial charge in [-0.2, -0.15) is 0 Å². The zero-order chi connectivity index (χ0) is 62.9. The van der Waals surface area contributed by atoms with Crippen LogP contribution in [0.25, 0.3) is 160 Å². The molecule has 95 heavy (non-hydrogen) atoms. The Hall–Kier alpha value is -12.2. The molecule has 0 aliphatic heterocycles. The van der Waals surface area contributed by atoms with E-state index < -0.39 is 0 Å². The van der Waals surface area contributed by atoms with Crippen LogP contribution in [0.2, 0.25) is 0 Å². The molecule has 0 radical (unpaired) electrons. The molecule has 14 aromatic carbocycles. The highest BCUT2D eigenvalue weighted by Gasteiger charge is 2.20. The van der Waals surface area contributed by atoms with Gasteiger partial charge < -0.3 is 27.8 Å². The van der Waals surface area contributed by atoms with Gasteiger partial charge in [0.1, 0.15) is 0 Å². The zero-order valence-corrected chi connectivity index (χ0v) is 53.2. The number of benzene rings is 14. The summed E-state index contributed by atoms with van der Waals surface area (Å²) < 4.78 is 12.9. The quantitative estimate of drug-likeness (QED) is 0.165. The van der Waals surface area contributed by atoms with Crippen molar-refractivity contribution in [3.05, 3.63) is 357 Å². The Bertz CT molecular complexity index is 6250. The van der Waals surface area contributed by atoms with Crippen LogP contribution in [-0.4, -0.2) is 27.8 Å². The molecule has 7 heteroatoms. The van der Waals surface area contributed by atoms with Gasteiger partial charge in [0.2, 0.25) is 0 Å². The molecule has 1 N–H and O–H groups in total. The average molecular weight is 1280 g/mol. The molecule has 20 aromatic rings. The fourth-order valence-corrected chi connectivity index (χ4v) is 14.9. The van der Waals surface area contributed by atoms with Gasteiger partial charge in [0.05, 0.1) is 49.7 Å². The van der Waals surface area contributed by atoms with Crippen LogP contribution >= 0.6 is 15.9 Å². The van der Waals surface area contributed by atoms with Gasteiger partial charge in [0.25, 0.3) is 0 Å². The minimum absolute atomic E-state index is 1.09. The summed E-state index contributed by atoms with van der Waals surface area (Å²) in [4.78, 5) is 3.32. The molecule has 0 atom stereocenters. The van der Waals surface area contributed by atoms with Gasteiger partial charge in [-0.15, -0.1) is 0 Å². The molecule has 6 heterocycles. The number of fused-ring (bicyclic) bond motifs is 16. The standard InChI is InChI=1S/C44H29N3.C24H16BrN.C20H14N2/c1-3-11-30(12-4-1)31-19-25-43-39(29-31)36-16-8-9-17-41(36)46(43)34-22-20-32(21-23-34)45-28-27-38-40(45)26-24-37-35-15-7-10-18-42(35)47(44(37)38)33-13-5-2-6-14-33;25-19-11-13-20(14-12-19)26-23-9-5-4-8-21(23)22-16-18(10-15-24(22)26)17-6-2-1-3-7-17;1-2-6-14(7-3-1)22-19-9-5-4-8-15(19)16-10-11-18-17(20(16)22)12-13-21-18/h1-29H;1-16H;1-13,21H. The van der Waals surface area contributed by atoms with Crippen LogP contribution in [0.15, 0.2) is 357 Å². The number of aromatic nitrogens is 6. The van der Waals surface area contributed by atoms with Gasteiger partial charge in [-0.3, -0.25) is 0 Å². The lowest BCUT2D eigenvalue weighted by molar-refractivity contribution is 1.11. The van der Waals surface area contributed by atoms with E-state index in [0.717, 1.165) is 15.8 Å². The molecule has 6 nitrogen and oxygen atoms in total. The van der Waals surface area contributed by atoms with E-state index in [9.17, 15) is 0 Å². The Morgan fingerprint density at radius 3 is 1.08 bits per heavy atom. The predicted molar refractivity (Wildman–Crippen MR) is 404 cm³/mol. The maximum atomic E-state index is 3.53. The monoisotopic (exact) mass is 1280 g/mol. The van der Waals surface area contributed by atoms with E-state index in [1.165, 1.54) is 148 Å². The second-order valence-corrected chi connectivity index (χ2v) is 25.2. The summed E-state index contributed by atoms with van der Waals surface area (Å²) in [6, 6.07) is 122. The van der Waals surface area contributed by atoms with Crippen LogP contribution in [0.5, 0.6) is 0 Å². The molecule has 0 unspecified atom stereocenters. The first-order chi connectivity index (χ1) is 47.1. The number of H-pyrrole nitrogens is 1. The first-order valence-corrected chi connectivity index (χ1v) is 33.0. The van der Waals surface area contributed by atoms with Crippen molar-refractivity contribution >= 4 is 125 Å². The number of nitrogens with one attached hydrogen (secondary N) is 1. The molecule has 0 saturated carbocycles. The number of hydrogen-bond acceptors (Lipinski definition) is 0. The molecule has 0 spiro atoms. The third-order valence-electron chi connectivity index (χ3n) is 18.9. The number of aromatic amines is 1. The van der Waals surface area contributed by atoms with E-state index in [0.29, 0.717) is 0 Å². The maximum Gasteiger partial charge on any atom is 0.0635 e. The normalized spacial score (nSPS) is 11.6. The summed E-state index contributed by atoms with van der Waals surface area (Å²) in [5, 5.41) is 12.7. The highest BCUT2D eigenvalue weighted by atomic mass is 79.9. The Labute approximate surface area is 556 Å². The van der Waals surface area contributed by atoms with Crippen LogP contribution < -0.4 is 0 Å². The van der Waals surface area contributed by atoms with Crippen molar-refractivity contribution in [2.24, 2.45) is 0 Å². The number of hydrogen-bond donors (Lipinski definition) is 1. The lowest BCUT2D eigenvalue weighted by Gasteiger charge is -2.12. The van der Waals surface area contributed by atoms with Crippen LogP contribution in [0.4, 0.5) is 0 Å². The third kappa shape index (κ3) is 9.46. The molecule has 0 amide bonds. The first kappa shape index (κ1) is 55.7. The van der Waals surface area contributed by atoms with Crippen molar-refractivity contribution in [3.63, 3.8) is 0 Å². The summed E-state index contributed by atoms with van der Waals surface area (Å²) in [5.41, 5.74) is 23.0. The van der Waals surface area contributed by atoms with Gasteiger partial charge in [-0.25, -0.2) is 0 Å². The summed E-state index contributed by atoms with van der Waals surface area (Å²) >= 11 is 3.53. The lowest BCUT2D eigenvalue weighted by atomic mass is 10.0. The molecule has 0 fully saturated rings. The maximum absolute atomic E-state index is 3.53. The van der Waals surface area contributed by atoms with E-state index in [1.807, 2.05) is 6.20 Å². The third-order valence-corrected chi connectivity index (χ3v) is 19.5. The van der Waals surface area contributed by atoms with Crippen molar-refractivity contribution in [2.75, 3.05) is 0 Å². The van der Waals surface area contributed by atoms with E-state index in [-0.39, 0.29) is 0 Å². The summed E-state index contributed by atoms with van der Waals surface area (Å²) in [6.45, 7) is 0. The molecule has 0 bridgehead atoms. The molecule has 20 rings (SSSR count). The Morgan fingerprint density at radius 2 is 0.589 bits per heavy atom. The van der Waals surface area contributed by atoms with Gasteiger partial charge in [0, 0.05) is 105 Å². The smallest absolute Gasteiger partial charge is 0.0635 e. The SMILES string of the molecule is Brc1ccc(-n2c3ccccc3c3cc(-c4ccccc4)ccc32)cc1.c1ccc(-c2ccc3c(c2)c2ccccc2n3-c2ccc(-n3ccc4c3ccc3c5ccccc5n(-c5ccccc5)c34)cc2)cc1.c1ccc(-n2c3ccccc3c3ccc4[nH]ccc4c32)cc1. The minimum Gasteiger partial charge on any atom is -0.361 e. The first-order valence-electron chi connectivity index (χ1n) is 32.3. The number of para-hydroxylation sites is 6. The van der Waals surface area contributed by atoms with Crippen molar-refractivity contribution in [2.45, 2.75) is 0 Å². The molecule has 0 saturated heterocycles. The van der Waals surface area contributed by atoms with E-state index >= 15 is 0 Å². The fourth-order valence-electron chi connectivity index (χ4n) is 14.7. The predicted octanol–water partition coefficient (Wildman–Crippen LogP) is 24.0. The van der Waals surface area contributed by atoms with Crippen molar-refractivity contribution < 1.29 is 0 Å². The van der Waals surface area contributed by atoms with Crippen molar-refractivity contribution in [1.29, 1.82) is 0 Å². The number of rotatable bonds is 7. The molecular weight excluding hydrogens is 1220 g/mol. The van der Waals surface area contributed by atoms with Crippen LogP contribution in [0.3, 0.4) is 0 Å². The van der Waals surface area contributed by atoms with Crippen LogP contribution in [0, 0.1) is 0 Å². The highest BCUT2D eigenvalue weighted by molar-refractivity contribution is 9.10.